The number of carbonyl (C=O) groups is 1. The SMILES string of the molecule is NS(=O)(=O)c1ccc2c(c1)CCN2CC(=O)N1CCc2sccc2[C@H]1c1cccs1. The normalized spacial score (nSPS) is 18.4. The molecule has 0 saturated heterocycles. The fourth-order valence-electron chi connectivity index (χ4n) is 4.38. The number of hydrogen-bond acceptors (Lipinski definition) is 6. The van der Waals surface area contributed by atoms with Crippen LogP contribution in [0.5, 0.6) is 0 Å². The summed E-state index contributed by atoms with van der Waals surface area (Å²) in [4.78, 5) is 20.1. The van der Waals surface area contributed by atoms with Gasteiger partial charge in [-0.25, -0.2) is 13.6 Å². The maximum absolute atomic E-state index is 13.4. The van der Waals surface area contributed by atoms with Gasteiger partial charge in [0.25, 0.3) is 0 Å². The average Bonchev–Trinajstić information content (AvgIpc) is 3.47. The van der Waals surface area contributed by atoms with Crippen molar-refractivity contribution in [1.29, 1.82) is 0 Å². The van der Waals surface area contributed by atoms with Gasteiger partial charge in [-0.1, -0.05) is 6.07 Å². The van der Waals surface area contributed by atoms with E-state index in [1.54, 1.807) is 34.8 Å². The van der Waals surface area contributed by atoms with Gasteiger partial charge in [-0.3, -0.25) is 4.79 Å². The van der Waals surface area contributed by atoms with Crippen LogP contribution in [-0.4, -0.2) is 38.9 Å². The number of benzene rings is 1. The maximum Gasteiger partial charge on any atom is 0.242 e. The van der Waals surface area contributed by atoms with E-state index in [1.807, 2.05) is 15.9 Å². The van der Waals surface area contributed by atoms with E-state index in [1.165, 1.54) is 21.4 Å². The van der Waals surface area contributed by atoms with Crippen LogP contribution in [0.1, 0.15) is 26.9 Å². The third-order valence-corrected chi connectivity index (χ3v) is 8.63. The van der Waals surface area contributed by atoms with Crippen molar-refractivity contribution >= 4 is 44.3 Å². The summed E-state index contributed by atoms with van der Waals surface area (Å²) in [6.07, 6.45) is 1.59. The number of hydrogen-bond donors (Lipinski definition) is 1. The smallest absolute Gasteiger partial charge is 0.242 e. The number of thiophene rings is 2. The minimum Gasteiger partial charge on any atom is -0.362 e. The number of rotatable bonds is 4. The van der Waals surface area contributed by atoms with E-state index in [2.05, 4.69) is 22.9 Å². The van der Waals surface area contributed by atoms with Gasteiger partial charge in [-0.15, -0.1) is 22.7 Å². The molecule has 1 aromatic carbocycles. The number of amides is 1. The first kappa shape index (κ1) is 19.7. The lowest BCUT2D eigenvalue weighted by molar-refractivity contribution is -0.131. The van der Waals surface area contributed by atoms with Crippen LogP contribution in [0.25, 0.3) is 0 Å². The summed E-state index contributed by atoms with van der Waals surface area (Å²) in [7, 11) is -3.73. The first-order chi connectivity index (χ1) is 14.4. The molecular formula is C21H21N3O3S3. The Morgan fingerprint density at radius 1 is 1.10 bits per heavy atom. The zero-order valence-corrected chi connectivity index (χ0v) is 18.6. The van der Waals surface area contributed by atoms with Crippen molar-refractivity contribution in [2.24, 2.45) is 5.14 Å². The van der Waals surface area contributed by atoms with Crippen molar-refractivity contribution in [3.8, 4) is 0 Å². The molecule has 0 spiro atoms. The summed E-state index contributed by atoms with van der Waals surface area (Å²) >= 11 is 3.45. The fourth-order valence-corrected chi connectivity index (χ4v) is 6.70. The molecule has 0 fully saturated rings. The van der Waals surface area contributed by atoms with E-state index in [-0.39, 0.29) is 23.4 Å². The summed E-state index contributed by atoms with van der Waals surface area (Å²) in [5.41, 5.74) is 3.07. The number of fused-ring (bicyclic) bond motifs is 2. The maximum atomic E-state index is 13.4. The second-order valence-corrected chi connectivity index (χ2v) is 11.1. The van der Waals surface area contributed by atoms with Crippen LogP contribution in [0.2, 0.25) is 0 Å². The van der Waals surface area contributed by atoms with Crippen LogP contribution in [0.15, 0.2) is 52.1 Å². The Kier molecular flexibility index (Phi) is 4.93. The van der Waals surface area contributed by atoms with Gasteiger partial charge in [0.1, 0.15) is 0 Å². The summed E-state index contributed by atoms with van der Waals surface area (Å²) in [5, 5.41) is 9.42. The Bertz CT molecular complexity index is 1200. The lowest BCUT2D eigenvalue weighted by Crippen LogP contribution is -2.45. The number of sulfonamides is 1. The Balaban J connectivity index is 1.40. The highest BCUT2D eigenvalue weighted by atomic mass is 32.2. The van der Waals surface area contributed by atoms with Gasteiger partial charge < -0.3 is 9.80 Å². The van der Waals surface area contributed by atoms with Crippen molar-refractivity contribution in [3.05, 3.63) is 68.0 Å². The first-order valence-corrected chi connectivity index (χ1v) is 13.0. The molecule has 5 rings (SSSR count). The molecule has 0 radical (unpaired) electrons. The van der Waals surface area contributed by atoms with Gasteiger partial charge in [0, 0.05) is 28.5 Å². The molecule has 9 heteroatoms. The molecule has 30 heavy (non-hydrogen) atoms. The Labute approximate surface area is 183 Å². The molecule has 2 aromatic heterocycles. The first-order valence-electron chi connectivity index (χ1n) is 9.71. The Morgan fingerprint density at radius 3 is 2.73 bits per heavy atom. The highest BCUT2D eigenvalue weighted by Crippen LogP contribution is 2.40. The van der Waals surface area contributed by atoms with Gasteiger partial charge in [-0.05, 0) is 65.1 Å². The van der Waals surface area contributed by atoms with E-state index >= 15 is 0 Å². The summed E-state index contributed by atoms with van der Waals surface area (Å²) in [6, 6.07) is 11.2. The highest BCUT2D eigenvalue weighted by molar-refractivity contribution is 7.89. The van der Waals surface area contributed by atoms with Crippen LogP contribution in [0, 0.1) is 0 Å². The van der Waals surface area contributed by atoms with Crippen molar-refractivity contribution in [1.82, 2.24) is 4.90 Å². The van der Waals surface area contributed by atoms with E-state index in [4.69, 9.17) is 5.14 Å². The highest BCUT2D eigenvalue weighted by Gasteiger charge is 2.34. The molecule has 1 amide bonds. The van der Waals surface area contributed by atoms with Crippen LogP contribution in [-0.2, 0) is 27.7 Å². The van der Waals surface area contributed by atoms with Crippen molar-refractivity contribution in [2.75, 3.05) is 24.5 Å². The topological polar surface area (TPSA) is 83.7 Å². The average molecular weight is 460 g/mol. The minimum atomic E-state index is -3.73. The standard InChI is InChI=1S/C21H21N3O3S3/c22-30(26,27)15-3-4-17-14(12-15)5-8-23(17)13-20(25)24-9-6-18-16(7-11-29-18)21(24)19-2-1-10-28-19/h1-4,7,10-12,21H,5-6,8-9,13H2,(H2,22,26,27)/t21-/m0/s1. The van der Waals surface area contributed by atoms with Gasteiger partial charge in [-0.2, -0.15) is 0 Å². The minimum absolute atomic E-state index is 0.0284. The van der Waals surface area contributed by atoms with Crippen LogP contribution in [0.4, 0.5) is 5.69 Å². The second kappa shape index (κ2) is 7.49. The predicted octanol–water partition coefficient (Wildman–Crippen LogP) is 2.99. The monoisotopic (exact) mass is 459 g/mol. The summed E-state index contributed by atoms with van der Waals surface area (Å²) in [6.45, 7) is 1.68. The lowest BCUT2D eigenvalue weighted by Gasteiger charge is -2.36. The molecule has 156 valence electrons. The summed E-state index contributed by atoms with van der Waals surface area (Å²) in [5.74, 6) is 0.0913. The predicted molar refractivity (Wildman–Crippen MR) is 120 cm³/mol. The van der Waals surface area contributed by atoms with Gasteiger partial charge in [0.15, 0.2) is 0 Å². The van der Waals surface area contributed by atoms with E-state index in [0.717, 1.165) is 17.7 Å². The fraction of sp³-hybridized carbons (Fsp3) is 0.286. The Hall–Kier alpha value is -2.20. The van der Waals surface area contributed by atoms with Gasteiger partial charge >= 0.3 is 0 Å². The lowest BCUT2D eigenvalue weighted by atomic mass is 9.98. The molecule has 2 aliphatic heterocycles. The molecular weight excluding hydrogens is 438 g/mol. The molecule has 2 N–H and O–H groups in total. The third kappa shape index (κ3) is 3.45. The molecule has 3 aromatic rings. The van der Waals surface area contributed by atoms with E-state index in [0.29, 0.717) is 19.5 Å². The molecule has 0 unspecified atom stereocenters. The molecule has 0 saturated carbocycles. The second-order valence-electron chi connectivity index (χ2n) is 7.56. The number of carbonyl (C=O) groups excluding carboxylic acids is 1. The van der Waals surface area contributed by atoms with E-state index < -0.39 is 10.0 Å². The number of nitrogens with two attached hydrogens (primary N) is 1. The number of anilines is 1. The van der Waals surface area contributed by atoms with Gasteiger partial charge in [0.05, 0.1) is 17.5 Å². The van der Waals surface area contributed by atoms with Crippen LogP contribution in [0.3, 0.4) is 0 Å². The van der Waals surface area contributed by atoms with Crippen LogP contribution >= 0.6 is 22.7 Å². The quantitative estimate of drug-likeness (QED) is 0.650. The largest absolute Gasteiger partial charge is 0.362 e. The molecule has 2 aliphatic rings. The molecule has 0 bridgehead atoms. The number of primary sulfonamides is 1. The van der Waals surface area contributed by atoms with Crippen LogP contribution < -0.4 is 10.0 Å². The van der Waals surface area contributed by atoms with Crippen molar-refractivity contribution < 1.29 is 13.2 Å². The number of nitrogens with zero attached hydrogens (tertiary/aromatic N) is 2. The van der Waals surface area contributed by atoms with Crippen molar-refractivity contribution in [3.63, 3.8) is 0 Å². The van der Waals surface area contributed by atoms with Crippen molar-refractivity contribution in [2.45, 2.75) is 23.8 Å². The third-order valence-electron chi connectivity index (χ3n) is 5.80. The molecule has 4 heterocycles. The van der Waals surface area contributed by atoms with E-state index in [9.17, 15) is 13.2 Å². The molecule has 6 nitrogen and oxygen atoms in total. The van der Waals surface area contributed by atoms with Gasteiger partial charge in [0.2, 0.25) is 15.9 Å². The zero-order valence-electron chi connectivity index (χ0n) is 16.2. The molecule has 1 atom stereocenters. The Morgan fingerprint density at radius 2 is 1.97 bits per heavy atom. The zero-order chi connectivity index (χ0) is 20.9. The molecule has 0 aliphatic carbocycles. The summed E-state index contributed by atoms with van der Waals surface area (Å²) < 4.78 is 23.3.